The number of carbonyl (C=O) groups is 1. The number of aryl methyl sites for hydroxylation is 1. The second kappa shape index (κ2) is 3.76. The maximum atomic E-state index is 10.6. The lowest BCUT2D eigenvalue weighted by atomic mass is 10.4. The highest BCUT2D eigenvalue weighted by Crippen LogP contribution is 2.12. The Hall–Kier alpha value is -0.770. The molecule has 66 valence electrons. The number of hydrogen-bond donors (Lipinski definition) is 1. The molecule has 0 saturated carbocycles. The van der Waals surface area contributed by atoms with Crippen LogP contribution in [-0.2, 0) is 18.4 Å². The summed E-state index contributed by atoms with van der Waals surface area (Å²) in [7, 11) is 1.95. The van der Waals surface area contributed by atoms with Crippen molar-refractivity contribution in [2.24, 2.45) is 7.05 Å². The topological polar surface area (TPSA) is 34.0 Å². The number of aromatic nitrogens is 1. The minimum atomic E-state index is -0.00711. The van der Waals surface area contributed by atoms with E-state index in [-0.39, 0.29) is 5.91 Å². The van der Waals surface area contributed by atoms with Crippen LogP contribution in [0.4, 0.5) is 0 Å². The van der Waals surface area contributed by atoms with Gasteiger partial charge in [0.05, 0.1) is 6.54 Å². The van der Waals surface area contributed by atoms with Crippen molar-refractivity contribution >= 4 is 21.8 Å². The second-order valence-electron chi connectivity index (χ2n) is 2.67. The zero-order valence-corrected chi connectivity index (χ0v) is 8.68. The molecule has 0 atom stereocenters. The average molecular weight is 231 g/mol. The van der Waals surface area contributed by atoms with Crippen LogP contribution in [0.2, 0.25) is 0 Å². The van der Waals surface area contributed by atoms with Crippen LogP contribution in [0.3, 0.4) is 0 Å². The molecule has 0 bridgehead atoms. The van der Waals surface area contributed by atoms with E-state index in [1.54, 1.807) is 0 Å². The first-order valence-corrected chi connectivity index (χ1v) is 4.44. The lowest BCUT2D eigenvalue weighted by Crippen LogP contribution is -2.20. The molecule has 1 aromatic rings. The molecular weight excluding hydrogens is 220 g/mol. The summed E-state index contributed by atoms with van der Waals surface area (Å²) in [5, 5.41) is 2.74. The number of hydrogen-bond acceptors (Lipinski definition) is 1. The maximum Gasteiger partial charge on any atom is 0.217 e. The van der Waals surface area contributed by atoms with Gasteiger partial charge in [0.15, 0.2) is 0 Å². The molecule has 1 heterocycles. The van der Waals surface area contributed by atoms with E-state index in [4.69, 9.17) is 0 Å². The smallest absolute Gasteiger partial charge is 0.217 e. The van der Waals surface area contributed by atoms with Crippen LogP contribution in [0.1, 0.15) is 12.6 Å². The van der Waals surface area contributed by atoms with E-state index in [1.165, 1.54) is 6.92 Å². The summed E-state index contributed by atoms with van der Waals surface area (Å²) >= 11 is 3.36. The van der Waals surface area contributed by atoms with Crippen LogP contribution in [0, 0.1) is 0 Å². The fourth-order valence-electron chi connectivity index (χ4n) is 0.957. The Balaban J connectivity index is 2.62. The number of rotatable bonds is 2. The van der Waals surface area contributed by atoms with E-state index in [2.05, 4.69) is 21.2 Å². The number of nitrogens with zero attached hydrogens (tertiary/aromatic N) is 1. The van der Waals surface area contributed by atoms with Crippen molar-refractivity contribution < 1.29 is 4.79 Å². The van der Waals surface area contributed by atoms with Gasteiger partial charge in [-0.15, -0.1) is 0 Å². The molecule has 0 unspecified atom stereocenters. The predicted molar refractivity (Wildman–Crippen MR) is 50.6 cm³/mol. The van der Waals surface area contributed by atoms with E-state index in [9.17, 15) is 4.79 Å². The van der Waals surface area contributed by atoms with Gasteiger partial charge >= 0.3 is 0 Å². The Morgan fingerprint density at radius 2 is 2.42 bits per heavy atom. The third kappa shape index (κ3) is 2.37. The molecule has 0 aliphatic heterocycles. The van der Waals surface area contributed by atoms with Crippen molar-refractivity contribution in [3.05, 3.63) is 22.4 Å². The number of carbonyl (C=O) groups excluding carboxylic acids is 1. The van der Waals surface area contributed by atoms with Crippen LogP contribution in [-0.4, -0.2) is 10.5 Å². The molecule has 0 aliphatic carbocycles. The monoisotopic (exact) mass is 230 g/mol. The third-order valence-electron chi connectivity index (χ3n) is 1.59. The van der Waals surface area contributed by atoms with Crippen molar-refractivity contribution in [1.82, 2.24) is 9.88 Å². The number of halogens is 1. The quantitative estimate of drug-likeness (QED) is 0.820. The van der Waals surface area contributed by atoms with E-state index < -0.39 is 0 Å². The molecule has 0 radical (unpaired) electrons. The first-order chi connectivity index (χ1) is 5.59. The fraction of sp³-hybridized carbons (Fsp3) is 0.375. The van der Waals surface area contributed by atoms with Gasteiger partial charge in [0.2, 0.25) is 5.91 Å². The highest BCUT2D eigenvalue weighted by Gasteiger charge is 2.00. The SMILES string of the molecule is CC(=O)NCc1cc(Br)cn1C. The third-order valence-corrected chi connectivity index (χ3v) is 2.03. The summed E-state index contributed by atoms with van der Waals surface area (Å²) in [6.45, 7) is 2.09. The minimum absolute atomic E-state index is 0.00711. The molecule has 3 nitrogen and oxygen atoms in total. The van der Waals surface area contributed by atoms with Gasteiger partial charge in [-0.1, -0.05) is 0 Å². The lowest BCUT2D eigenvalue weighted by Gasteiger charge is -2.02. The van der Waals surface area contributed by atoms with Crippen LogP contribution in [0.15, 0.2) is 16.7 Å². The summed E-state index contributed by atoms with van der Waals surface area (Å²) in [4.78, 5) is 10.6. The molecule has 0 fully saturated rings. The Morgan fingerprint density at radius 3 is 2.83 bits per heavy atom. The van der Waals surface area contributed by atoms with Gasteiger partial charge in [0.1, 0.15) is 0 Å². The van der Waals surface area contributed by atoms with Crippen molar-refractivity contribution in [1.29, 1.82) is 0 Å². The molecule has 0 aliphatic rings. The van der Waals surface area contributed by atoms with Gasteiger partial charge in [0.25, 0.3) is 0 Å². The highest BCUT2D eigenvalue weighted by atomic mass is 79.9. The summed E-state index contributed by atoms with van der Waals surface area (Å²) in [6.07, 6.45) is 1.96. The molecule has 0 spiro atoms. The second-order valence-corrected chi connectivity index (χ2v) is 3.59. The summed E-state index contributed by atoms with van der Waals surface area (Å²) < 4.78 is 3.00. The van der Waals surface area contributed by atoms with Crippen molar-refractivity contribution in [2.75, 3.05) is 0 Å². The normalized spacial score (nSPS) is 9.92. The molecule has 0 saturated heterocycles. The Kier molecular flexibility index (Phi) is 2.92. The molecule has 12 heavy (non-hydrogen) atoms. The fourth-order valence-corrected chi connectivity index (χ4v) is 1.53. The molecule has 0 aromatic carbocycles. The standard InChI is InChI=1S/C8H11BrN2O/c1-6(12)10-4-8-3-7(9)5-11(8)2/h3,5H,4H2,1-2H3,(H,10,12). The van der Waals surface area contributed by atoms with Crippen molar-refractivity contribution in [3.63, 3.8) is 0 Å². The van der Waals surface area contributed by atoms with Gasteiger partial charge in [-0.05, 0) is 22.0 Å². The van der Waals surface area contributed by atoms with Crippen LogP contribution in [0.5, 0.6) is 0 Å². The average Bonchev–Trinajstić information content (AvgIpc) is 2.26. The summed E-state index contributed by atoms with van der Waals surface area (Å²) in [6, 6.07) is 1.98. The van der Waals surface area contributed by atoms with Crippen LogP contribution < -0.4 is 5.32 Å². The first kappa shape index (κ1) is 9.32. The van der Waals surface area contributed by atoms with Gasteiger partial charge < -0.3 is 9.88 Å². The molecule has 4 heteroatoms. The van der Waals surface area contributed by atoms with E-state index >= 15 is 0 Å². The van der Waals surface area contributed by atoms with Gasteiger partial charge in [-0.25, -0.2) is 0 Å². The number of amides is 1. The van der Waals surface area contributed by atoms with Gasteiger partial charge in [-0.2, -0.15) is 0 Å². The molecule has 1 aromatic heterocycles. The maximum absolute atomic E-state index is 10.6. The van der Waals surface area contributed by atoms with Crippen molar-refractivity contribution in [2.45, 2.75) is 13.5 Å². The molecule has 1 rings (SSSR count). The summed E-state index contributed by atoms with van der Waals surface area (Å²) in [5.41, 5.74) is 1.08. The van der Waals surface area contributed by atoms with Gasteiger partial charge in [0, 0.05) is 30.3 Å². The largest absolute Gasteiger partial charge is 0.352 e. The van der Waals surface area contributed by atoms with E-state index in [0.717, 1.165) is 10.2 Å². The molecule has 1 N–H and O–H groups in total. The minimum Gasteiger partial charge on any atom is -0.352 e. The van der Waals surface area contributed by atoms with Crippen molar-refractivity contribution in [3.8, 4) is 0 Å². The Bertz CT molecular complexity index is 293. The summed E-state index contributed by atoms with van der Waals surface area (Å²) in [5.74, 6) is -0.00711. The van der Waals surface area contributed by atoms with Gasteiger partial charge in [-0.3, -0.25) is 4.79 Å². The Labute approximate surface area is 79.9 Å². The number of nitrogens with one attached hydrogen (secondary N) is 1. The predicted octanol–water partition coefficient (Wildman–Crippen LogP) is 1.42. The van der Waals surface area contributed by atoms with E-state index in [1.807, 2.05) is 23.9 Å². The van der Waals surface area contributed by atoms with Crippen LogP contribution >= 0.6 is 15.9 Å². The molecular formula is C8H11BrN2O. The van der Waals surface area contributed by atoms with Crippen LogP contribution in [0.25, 0.3) is 0 Å². The van der Waals surface area contributed by atoms with E-state index in [0.29, 0.717) is 6.54 Å². The first-order valence-electron chi connectivity index (χ1n) is 3.65. The highest BCUT2D eigenvalue weighted by molar-refractivity contribution is 9.10. The molecule has 1 amide bonds. The lowest BCUT2D eigenvalue weighted by molar-refractivity contribution is -0.119. The zero-order valence-electron chi connectivity index (χ0n) is 7.10. The Morgan fingerprint density at radius 1 is 1.75 bits per heavy atom. The zero-order chi connectivity index (χ0) is 9.14.